The zero-order valence-electron chi connectivity index (χ0n) is 17.0. The van der Waals surface area contributed by atoms with Gasteiger partial charge in [-0.2, -0.15) is 0 Å². The van der Waals surface area contributed by atoms with Gasteiger partial charge >= 0.3 is 0 Å². The lowest BCUT2D eigenvalue weighted by atomic mass is 9.90. The number of hydrogen-bond donors (Lipinski definition) is 4. The molecule has 1 aliphatic rings. The van der Waals surface area contributed by atoms with Crippen molar-refractivity contribution in [2.24, 2.45) is 16.5 Å². The highest BCUT2D eigenvalue weighted by molar-refractivity contribution is 6.30. The van der Waals surface area contributed by atoms with Crippen LogP contribution < -0.4 is 16.8 Å². The third kappa shape index (κ3) is 5.24. The van der Waals surface area contributed by atoms with Gasteiger partial charge in [-0.15, -0.1) is 0 Å². The molecule has 4 rings (SSSR count). The first kappa shape index (κ1) is 20.9. The molecule has 0 bridgehead atoms. The van der Waals surface area contributed by atoms with Crippen molar-refractivity contribution in [2.45, 2.75) is 37.8 Å². The standard InChI is InChI=1S/C23H25ClN6O/c24-15-8-5-14(6-9-15)7-12-21-27-18-11-10-16(31)13-17(18)22(30-21)28-19-3-1-2-4-20(19)29-23(25)26/h5-13,19-20,31H,1-4H2,(H4,25,26,29)(H,27,28,30). The molecule has 2 aromatic carbocycles. The number of hydrogen-bond acceptors (Lipinski definition) is 5. The number of nitrogens with one attached hydrogen (secondary N) is 1. The molecule has 0 aliphatic heterocycles. The predicted octanol–water partition coefficient (Wildman–Crippen LogP) is 4.16. The zero-order chi connectivity index (χ0) is 21.8. The minimum absolute atomic E-state index is 0.0193. The number of aliphatic imine (C=N–C) groups is 1. The average molecular weight is 437 g/mol. The lowest BCUT2D eigenvalue weighted by Gasteiger charge is -2.30. The van der Waals surface area contributed by atoms with Gasteiger partial charge in [0.05, 0.1) is 17.6 Å². The number of nitrogens with zero attached hydrogens (tertiary/aromatic N) is 3. The van der Waals surface area contributed by atoms with E-state index >= 15 is 0 Å². The third-order valence-electron chi connectivity index (χ3n) is 5.36. The molecule has 2 atom stereocenters. The topological polar surface area (TPSA) is 122 Å². The SMILES string of the molecule is NC(N)=NC1CCCCC1Nc1nc(C=Cc2ccc(Cl)cc2)nc2ccc(O)cc12. The summed E-state index contributed by atoms with van der Waals surface area (Å²) in [5.74, 6) is 1.47. The lowest BCUT2D eigenvalue weighted by Crippen LogP contribution is -2.38. The van der Waals surface area contributed by atoms with Gasteiger partial charge in [0.1, 0.15) is 11.6 Å². The van der Waals surface area contributed by atoms with Crippen molar-refractivity contribution < 1.29 is 5.11 Å². The summed E-state index contributed by atoms with van der Waals surface area (Å²) in [7, 11) is 0. The summed E-state index contributed by atoms with van der Waals surface area (Å²) < 4.78 is 0. The molecule has 1 heterocycles. The summed E-state index contributed by atoms with van der Waals surface area (Å²) in [6, 6.07) is 12.6. The second-order valence-electron chi connectivity index (χ2n) is 7.67. The number of anilines is 1. The number of phenols is 1. The van der Waals surface area contributed by atoms with Crippen molar-refractivity contribution in [1.29, 1.82) is 0 Å². The molecule has 1 saturated carbocycles. The smallest absolute Gasteiger partial charge is 0.186 e. The first-order valence-electron chi connectivity index (χ1n) is 10.3. The molecule has 1 aliphatic carbocycles. The molecule has 6 N–H and O–H groups in total. The number of nitrogens with two attached hydrogens (primary N) is 2. The Bertz CT molecular complexity index is 1120. The Morgan fingerprint density at radius 3 is 2.61 bits per heavy atom. The molecule has 3 aromatic rings. The van der Waals surface area contributed by atoms with E-state index < -0.39 is 0 Å². The summed E-state index contributed by atoms with van der Waals surface area (Å²) in [5.41, 5.74) is 13.0. The molecule has 8 heteroatoms. The number of phenolic OH excluding ortho intramolecular Hbond substituents is 1. The number of fused-ring (bicyclic) bond motifs is 1. The number of guanidine groups is 1. The Morgan fingerprint density at radius 1 is 1.06 bits per heavy atom. The van der Waals surface area contributed by atoms with Gasteiger partial charge in [0.15, 0.2) is 11.8 Å². The lowest BCUT2D eigenvalue weighted by molar-refractivity contribution is 0.405. The summed E-state index contributed by atoms with van der Waals surface area (Å²) in [6.07, 6.45) is 7.81. The van der Waals surface area contributed by atoms with Gasteiger partial charge in [-0.05, 0) is 54.8 Å². The fraction of sp³-hybridized carbons (Fsp3) is 0.261. The maximum atomic E-state index is 10.0. The summed E-state index contributed by atoms with van der Waals surface area (Å²) in [4.78, 5) is 13.8. The Labute approximate surface area is 185 Å². The van der Waals surface area contributed by atoms with Crippen molar-refractivity contribution >= 4 is 46.4 Å². The van der Waals surface area contributed by atoms with E-state index in [9.17, 15) is 5.11 Å². The number of aromatic hydroxyl groups is 1. The van der Waals surface area contributed by atoms with Crippen LogP contribution in [0.15, 0.2) is 47.5 Å². The second kappa shape index (κ2) is 9.22. The van der Waals surface area contributed by atoms with E-state index in [-0.39, 0.29) is 23.8 Å². The van der Waals surface area contributed by atoms with Crippen molar-refractivity contribution in [2.75, 3.05) is 5.32 Å². The number of rotatable bonds is 5. The minimum Gasteiger partial charge on any atom is -0.508 e. The molecule has 0 amide bonds. The van der Waals surface area contributed by atoms with E-state index in [4.69, 9.17) is 28.1 Å². The quantitative estimate of drug-likeness (QED) is 0.352. The van der Waals surface area contributed by atoms with Gasteiger partial charge in [0.2, 0.25) is 0 Å². The van der Waals surface area contributed by atoms with Crippen LogP contribution in [-0.4, -0.2) is 33.1 Å². The minimum atomic E-state index is -0.0193. The Hall–Kier alpha value is -3.32. The summed E-state index contributed by atoms with van der Waals surface area (Å²) >= 11 is 5.96. The maximum Gasteiger partial charge on any atom is 0.186 e. The highest BCUT2D eigenvalue weighted by atomic mass is 35.5. The predicted molar refractivity (Wildman–Crippen MR) is 127 cm³/mol. The highest BCUT2D eigenvalue weighted by Crippen LogP contribution is 2.29. The fourth-order valence-corrected chi connectivity index (χ4v) is 3.99. The van der Waals surface area contributed by atoms with Crippen molar-refractivity contribution in [3.8, 4) is 5.75 Å². The van der Waals surface area contributed by atoms with E-state index in [1.165, 1.54) is 0 Å². The van der Waals surface area contributed by atoms with Crippen molar-refractivity contribution in [3.63, 3.8) is 0 Å². The normalized spacial score (nSPS) is 18.9. The molecule has 0 saturated heterocycles. The largest absolute Gasteiger partial charge is 0.508 e. The van der Waals surface area contributed by atoms with Gasteiger partial charge in [-0.25, -0.2) is 15.0 Å². The first-order chi connectivity index (χ1) is 15.0. The zero-order valence-corrected chi connectivity index (χ0v) is 17.8. The highest BCUT2D eigenvalue weighted by Gasteiger charge is 2.26. The second-order valence-corrected chi connectivity index (χ2v) is 8.11. The summed E-state index contributed by atoms with van der Waals surface area (Å²) in [5, 5.41) is 15.0. The molecule has 1 fully saturated rings. The van der Waals surface area contributed by atoms with Gasteiger partial charge in [-0.1, -0.05) is 42.7 Å². The maximum absolute atomic E-state index is 10.0. The Balaban J connectivity index is 1.69. The van der Waals surface area contributed by atoms with Crippen LogP contribution in [0.3, 0.4) is 0 Å². The van der Waals surface area contributed by atoms with Gasteiger partial charge in [0.25, 0.3) is 0 Å². The van der Waals surface area contributed by atoms with E-state index in [1.54, 1.807) is 18.2 Å². The van der Waals surface area contributed by atoms with Crippen LogP contribution in [0, 0.1) is 0 Å². The van der Waals surface area contributed by atoms with Crippen LogP contribution in [0.4, 0.5) is 5.82 Å². The molecule has 0 radical (unpaired) electrons. The molecule has 2 unspecified atom stereocenters. The number of aromatic nitrogens is 2. The molecule has 7 nitrogen and oxygen atoms in total. The molecular weight excluding hydrogens is 412 g/mol. The molecule has 0 spiro atoms. The van der Waals surface area contributed by atoms with Gasteiger partial charge < -0.3 is 21.9 Å². The molecular formula is C23H25ClN6O. The average Bonchev–Trinajstić information content (AvgIpc) is 2.75. The van der Waals surface area contributed by atoms with E-state index in [0.29, 0.717) is 16.7 Å². The monoisotopic (exact) mass is 436 g/mol. The molecule has 31 heavy (non-hydrogen) atoms. The third-order valence-corrected chi connectivity index (χ3v) is 5.61. The van der Waals surface area contributed by atoms with Crippen molar-refractivity contribution in [1.82, 2.24) is 9.97 Å². The van der Waals surface area contributed by atoms with Gasteiger partial charge in [0, 0.05) is 10.4 Å². The first-order valence-corrected chi connectivity index (χ1v) is 10.7. The van der Waals surface area contributed by atoms with E-state index in [2.05, 4.69) is 15.3 Å². The Kier molecular flexibility index (Phi) is 6.23. The van der Waals surface area contributed by atoms with E-state index in [0.717, 1.165) is 42.1 Å². The molecule has 1 aromatic heterocycles. The van der Waals surface area contributed by atoms with Crippen LogP contribution in [0.5, 0.6) is 5.75 Å². The molecule has 160 valence electrons. The number of benzene rings is 2. The van der Waals surface area contributed by atoms with Crippen LogP contribution in [0.2, 0.25) is 5.02 Å². The Morgan fingerprint density at radius 2 is 1.84 bits per heavy atom. The fourth-order valence-electron chi connectivity index (χ4n) is 3.86. The van der Waals surface area contributed by atoms with Crippen LogP contribution in [0.1, 0.15) is 37.1 Å². The van der Waals surface area contributed by atoms with Crippen LogP contribution >= 0.6 is 11.6 Å². The van der Waals surface area contributed by atoms with E-state index in [1.807, 2.05) is 36.4 Å². The van der Waals surface area contributed by atoms with Crippen LogP contribution in [0.25, 0.3) is 23.1 Å². The van der Waals surface area contributed by atoms with Crippen LogP contribution in [-0.2, 0) is 0 Å². The summed E-state index contributed by atoms with van der Waals surface area (Å²) in [6.45, 7) is 0. The van der Waals surface area contributed by atoms with Crippen molar-refractivity contribution in [3.05, 3.63) is 58.9 Å². The number of halogens is 1. The van der Waals surface area contributed by atoms with Gasteiger partial charge in [-0.3, -0.25) is 0 Å².